The summed E-state index contributed by atoms with van der Waals surface area (Å²) in [6.45, 7) is 4.06. The Bertz CT molecular complexity index is 723. The quantitative estimate of drug-likeness (QED) is 0.794. The van der Waals surface area contributed by atoms with E-state index in [9.17, 15) is 4.79 Å². The first kappa shape index (κ1) is 13.5. The molecule has 0 spiro atoms. The van der Waals surface area contributed by atoms with Gasteiger partial charge in [0.15, 0.2) is 6.61 Å². The molecule has 0 aliphatic heterocycles. The van der Waals surface area contributed by atoms with Gasteiger partial charge in [-0.05, 0) is 45.6 Å². The van der Waals surface area contributed by atoms with Gasteiger partial charge in [-0.25, -0.2) is 4.79 Å². The van der Waals surface area contributed by atoms with Crippen molar-refractivity contribution in [1.82, 2.24) is 14.7 Å². The molecule has 0 radical (unpaired) electrons. The van der Waals surface area contributed by atoms with Gasteiger partial charge in [-0.15, -0.1) is 0 Å². The summed E-state index contributed by atoms with van der Waals surface area (Å²) in [6, 6.07) is 2.46. The Morgan fingerprint density at radius 2 is 2.14 bits per heavy atom. The normalized spacial score (nSPS) is 17.7. The zero-order valence-electron chi connectivity index (χ0n) is 12.8. The third-order valence-corrected chi connectivity index (χ3v) is 4.36. The maximum atomic E-state index is 12.3. The van der Waals surface area contributed by atoms with Gasteiger partial charge in [-0.1, -0.05) is 5.16 Å². The van der Waals surface area contributed by atoms with E-state index in [4.69, 9.17) is 9.26 Å². The Hall–Kier alpha value is -2.11. The summed E-state index contributed by atoms with van der Waals surface area (Å²) in [4.78, 5) is 16.5. The number of carbonyl (C=O) groups excluding carboxylic acids is 1. The molecule has 116 valence electrons. The second-order valence-corrected chi connectivity index (χ2v) is 6.29. The van der Waals surface area contributed by atoms with Gasteiger partial charge in [-0.2, -0.15) is 4.98 Å². The number of carbonyl (C=O) groups is 1. The number of hydrogen-bond donors (Lipinski definition) is 0. The number of rotatable bonds is 5. The van der Waals surface area contributed by atoms with Crippen LogP contribution in [0.3, 0.4) is 0 Å². The maximum Gasteiger partial charge on any atom is 0.340 e. The molecule has 0 saturated heterocycles. The molecule has 2 saturated carbocycles. The Balaban J connectivity index is 1.44. The summed E-state index contributed by atoms with van der Waals surface area (Å²) in [7, 11) is 0. The lowest BCUT2D eigenvalue weighted by Gasteiger charge is -2.07. The molecular formula is C16H19N3O3. The van der Waals surface area contributed by atoms with Crippen LogP contribution in [0.25, 0.3) is 0 Å². The Morgan fingerprint density at radius 1 is 1.36 bits per heavy atom. The van der Waals surface area contributed by atoms with Gasteiger partial charge in [0.1, 0.15) is 0 Å². The van der Waals surface area contributed by atoms with Crippen molar-refractivity contribution in [2.24, 2.45) is 0 Å². The second kappa shape index (κ2) is 4.97. The topological polar surface area (TPSA) is 70.2 Å². The average molecular weight is 301 g/mol. The second-order valence-electron chi connectivity index (χ2n) is 6.29. The number of aromatic nitrogens is 3. The van der Waals surface area contributed by atoms with Crippen LogP contribution in [0.4, 0.5) is 0 Å². The zero-order chi connectivity index (χ0) is 15.3. The molecule has 2 heterocycles. The van der Waals surface area contributed by atoms with Crippen molar-refractivity contribution in [3.63, 3.8) is 0 Å². The van der Waals surface area contributed by atoms with E-state index in [-0.39, 0.29) is 12.6 Å². The molecule has 2 aliphatic carbocycles. The molecular weight excluding hydrogens is 282 g/mol. The molecule has 2 aromatic rings. The minimum Gasteiger partial charge on any atom is -0.454 e. The van der Waals surface area contributed by atoms with Crippen molar-refractivity contribution < 1.29 is 14.1 Å². The first-order valence-electron chi connectivity index (χ1n) is 7.81. The largest absolute Gasteiger partial charge is 0.454 e. The van der Waals surface area contributed by atoms with E-state index in [0.717, 1.165) is 24.2 Å². The summed E-state index contributed by atoms with van der Waals surface area (Å²) < 4.78 is 12.7. The average Bonchev–Trinajstić information content (AvgIpc) is 3.42. The highest BCUT2D eigenvalue weighted by Crippen LogP contribution is 2.39. The minimum atomic E-state index is -0.322. The van der Waals surface area contributed by atoms with Gasteiger partial charge in [0.2, 0.25) is 11.7 Å². The van der Waals surface area contributed by atoms with Crippen LogP contribution < -0.4 is 0 Å². The fourth-order valence-corrected chi connectivity index (χ4v) is 2.91. The monoisotopic (exact) mass is 301 g/mol. The summed E-state index contributed by atoms with van der Waals surface area (Å²) >= 11 is 0. The van der Waals surface area contributed by atoms with Gasteiger partial charge in [-0.3, -0.25) is 0 Å². The number of hydrogen-bond acceptors (Lipinski definition) is 5. The molecule has 6 heteroatoms. The highest BCUT2D eigenvalue weighted by molar-refractivity contribution is 5.91. The van der Waals surface area contributed by atoms with Crippen molar-refractivity contribution in [2.45, 2.75) is 58.1 Å². The van der Waals surface area contributed by atoms with Gasteiger partial charge in [0, 0.05) is 23.3 Å². The lowest BCUT2D eigenvalue weighted by atomic mass is 10.2. The SMILES string of the molecule is Cc1cc(C(=O)OCc2noc(C3CC3)n2)c(C)n1C1CC1. The zero-order valence-corrected chi connectivity index (χ0v) is 12.8. The molecule has 2 aromatic heterocycles. The molecule has 2 aliphatic rings. The van der Waals surface area contributed by atoms with Crippen LogP contribution in [-0.2, 0) is 11.3 Å². The van der Waals surface area contributed by atoms with Crippen molar-refractivity contribution in [3.8, 4) is 0 Å². The third-order valence-electron chi connectivity index (χ3n) is 4.36. The Kier molecular flexibility index (Phi) is 3.06. The van der Waals surface area contributed by atoms with E-state index in [1.807, 2.05) is 19.9 Å². The van der Waals surface area contributed by atoms with Crippen LogP contribution in [0.1, 0.15) is 71.1 Å². The predicted octanol–water partition coefficient (Wildman–Crippen LogP) is 3.06. The van der Waals surface area contributed by atoms with E-state index >= 15 is 0 Å². The lowest BCUT2D eigenvalue weighted by molar-refractivity contribution is 0.0458. The van der Waals surface area contributed by atoms with Gasteiger partial charge in [0.25, 0.3) is 0 Å². The number of ether oxygens (including phenoxy) is 1. The van der Waals surface area contributed by atoms with E-state index in [2.05, 4.69) is 14.7 Å². The van der Waals surface area contributed by atoms with Crippen molar-refractivity contribution >= 4 is 5.97 Å². The summed E-state index contributed by atoms with van der Waals surface area (Å²) in [6.07, 6.45) is 4.60. The van der Waals surface area contributed by atoms with Crippen LogP contribution in [0.15, 0.2) is 10.6 Å². The lowest BCUT2D eigenvalue weighted by Crippen LogP contribution is -2.08. The Labute approximate surface area is 128 Å². The molecule has 0 amide bonds. The standard InChI is InChI=1S/C16H19N3O3/c1-9-7-13(10(2)19(9)12-5-6-12)16(20)21-8-14-17-15(22-18-14)11-3-4-11/h7,11-12H,3-6,8H2,1-2H3. The molecule has 6 nitrogen and oxygen atoms in total. The van der Waals surface area contributed by atoms with E-state index < -0.39 is 0 Å². The third kappa shape index (κ3) is 2.42. The molecule has 0 unspecified atom stereocenters. The molecule has 0 N–H and O–H groups in total. The molecule has 4 rings (SSSR count). The van der Waals surface area contributed by atoms with Crippen LogP contribution in [-0.4, -0.2) is 20.7 Å². The summed E-state index contributed by atoms with van der Waals surface area (Å²) in [5, 5.41) is 3.86. The summed E-state index contributed by atoms with van der Waals surface area (Å²) in [5.41, 5.74) is 2.73. The van der Waals surface area contributed by atoms with Crippen molar-refractivity contribution in [1.29, 1.82) is 0 Å². The van der Waals surface area contributed by atoms with Crippen LogP contribution in [0.5, 0.6) is 0 Å². The molecule has 0 bridgehead atoms. The highest BCUT2D eigenvalue weighted by Gasteiger charge is 2.30. The van der Waals surface area contributed by atoms with Crippen molar-refractivity contribution in [3.05, 3.63) is 34.7 Å². The van der Waals surface area contributed by atoms with Crippen molar-refractivity contribution in [2.75, 3.05) is 0 Å². The minimum absolute atomic E-state index is 0.0577. The van der Waals surface area contributed by atoms with Crippen LogP contribution in [0.2, 0.25) is 0 Å². The smallest absolute Gasteiger partial charge is 0.340 e. The molecule has 0 atom stereocenters. The highest BCUT2D eigenvalue weighted by atomic mass is 16.5. The van der Waals surface area contributed by atoms with Gasteiger partial charge in [0.05, 0.1) is 5.56 Å². The van der Waals surface area contributed by atoms with E-state index in [1.165, 1.54) is 12.8 Å². The van der Waals surface area contributed by atoms with Crippen LogP contribution in [0, 0.1) is 13.8 Å². The molecule has 2 fully saturated rings. The first-order chi connectivity index (χ1) is 10.6. The number of aryl methyl sites for hydroxylation is 1. The fourth-order valence-electron chi connectivity index (χ4n) is 2.91. The summed E-state index contributed by atoms with van der Waals surface area (Å²) in [5.74, 6) is 1.19. The fraction of sp³-hybridized carbons (Fsp3) is 0.562. The van der Waals surface area contributed by atoms with Gasteiger partial charge >= 0.3 is 5.97 Å². The van der Waals surface area contributed by atoms with E-state index in [1.54, 1.807) is 0 Å². The van der Waals surface area contributed by atoms with E-state index in [0.29, 0.717) is 29.2 Å². The van der Waals surface area contributed by atoms with Gasteiger partial charge < -0.3 is 13.8 Å². The maximum absolute atomic E-state index is 12.3. The molecule has 22 heavy (non-hydrogen) atoms. The number of esters is 1. The molecule has 0 aromatic carbocycles. The first-order valence-corrected chi connectivity index (χ1v) is 7.81. The Morgan fingerprint density at radius 3 is 2.82 bits per heavy atom. The predicted molar refractivity (Wildman–Crippen MR) is 77.6 cm³/mol. The van der Waals surface area contributed by atoms with Crippen LogP contribution >= 0.6 is 0 Å². The number of nitrogens with zero attached hydrogens (tertiary/aromatic N) is 3.